The summed E-state index contributed by atoms with van der Waals surface area (Å²) in [6.07, 6.45) is 0.583. The van der Waals surface area contributed by atoms with Gasteiger partial charge in [-0.3, -0.25) is 4.40 Å². The first-order valence-electron chi connectivity index (χ1n) is 7.76. The maximum Gasteiger partial charge on any atom is 0.266 e. The van der Waals surface area contributed by atoms with E-state index in [-0.39, 0.29) is 12.1 Å². The first-order valence-corrected chi connectivity index (χ1v) is 8.55. The second kappa shape index (κ2) is 6.60. The van der Waals surface area contributed by atoms with Gasteiger partial charge in [0.1, 0.15) is 11.6 Å². The minimum Gasteiger partial charge on any atom is -0.365 e. The van der Waals surface area contributed by atoms with Gasteiger partial charge in [-0.2, -0.15) is 4.98 Å². The number of nitrogens with one attached hydrogen (secondary N) is 1. The third-order valence-electron chi connectivity index (χ3n) is 4.10. The van der Waals surface area contributed by atoms with Gasteiger partial charge in [0.2, 0.25) is 5.78 Å². The zero-order chi connectivity index (χ0) is 18.3. The van der Waals surface area contributed by atoms with Crippen molar-refractivity contribution in [3.63, 3.8) is 0 Å². The number of halogens is 4. The quantitative estimate of drug-likeness (QED) is 0.484. The molecule has 0 unspecified atom stereocenters. The van der Waals surface area contributed by atoms with E-state index in [1.54, 1.807) is 12.4 Å². The molecule has 132 valence electrons. The lowest BCUT2D eigenvalue weighted by Gasteiger charge is -2.12. The number of fused-ring (bicyclic) bond motifs is 3. The number of aromatic nitrogens is 3. The Hall–Kier alpha value is -2.61. The molecule has 0 saturated heterocycles. The van der Waals surface area contributed by atoms with Crippen LogP contribution in [-0.4, -0.2) is 14.4 Å². The zero-order valence-corrected chi connectivity index (χ0v) is 14.8. The average Bonchev–Trinajstić information content (AvgIpc) is 3.08. The molecule has 0 bridgehead atoms. The first kappa shape index (κ1) is 16.8. The fraction of sp³-hybridized carbons (Fsp3) is 0.111. The summed E-state index contributed by atoms with van der Waals surface area (Å²) in [5, 5.41) is 3.85. The van der Waals surface area contributed by atoms with Crippen LogP contribution >= 0.6 is 15.9 Å². The molecule has 4 rings (SSSR count). The fourth-order valence-corrected chi connectivity index (χ4v) is 3.21. The molecule has 26 heavy (non-hydrogen) atoms. The molecule has 1 N–H and O–H groups in total. The van der Waals surface area contributed by atoms with Crippen LogP contribution in [-0.2, 0) is 6.54 Å². The normalized spacial score (nSPS) is 11.6. The number of imidazole rings is 1. The lowest BCUT2D eigenvalue weighted by atomic mass is 10.1. The third kappa shape index (κ3) is 2.90. The first-order chi connectivity index (χ1) is 12.5. The molecule has 4 nitrogen and oxygen atoms in total. The highest BCUT2D eigenvalue weighted by Gasteiger charge is 2.16. The van der Waals surface area contributed by atoms with Crippen LogP contribution < -0.4 is 5.32 Å². The van der Waals surface area contributed by atoms with Gasteiger partial charge in [-0.05, 0) is 18.2 Å². The zero-order valence-electron chi connectivity index (χ0n) is 13.3. The highest BCUT2D eigenvalue weighted by atomic mass is 79.9. The lowest BCUT2D eigenvalue weighted by molar-refractivity contribution is 0.146. The van der Waals surface area contributed by atoms with E-state index in [0.29, 0.717) is 11.6 Å². The minimum atomic E-state index is -2.86. The summed E-state index contributed by atoms with van der Waals surface area (Å²) in [6, 6.07) is 9.68. The van der Waals surface area contributed by atoms with E-state index in [4.69, 9.17) is 0 Å². The van der Waals surface area contributed by atoms with Crippen LogP contribution in [0, 0.1) is 5.82 Å². The standard InChI is InChI=1S/C18H12BrF3N4/c19-11-4-5-14-13(8-11)17(25-18-23-6-7-26(14)18)24-9-10-2-1-3-12(15(10)20)16(21)22/h1-8,16H,9H2,(H,23,24,25). The van der Waals surface area contributed by atoms with Crippen molar-refractivity contribution in [2.45, 2.75) is 13.0 Å². The summed E-state index contributed by atoms with van der Waals surface area (Å²) in [5.74, 6) is 0.0911. The molecule has 0 spiro atoms. The monoisotopic (exact) mass is 420 g/mol. The van der Waals surface area contributed by atoms with Crippen molar-refractivity contribution in [3.05, 3.63) is 70.2 Å². The maximum atomic E-state index is 14.2. The van der Waals surface area contributed by atoms with Gasteiger partial charge >= 0.3 is 0 Å². The lowest BCUT2D eigenvalue weighted by Crippen LogP contribution is -2.07. The summed E-state index contributed by atoms with van der Waals surface area (Å²) in [5.41, 5.74) is 0.421. The van der Waals surface area contributed by atoms with E-state index in [9.17, 15) is 13.2 Å². The molecule has 2 aromatic carbocycles. The second-order valence-electron chi connectivity index (χ2n) is 5.69. The van der Waals surface area contributed by atoms with Crippen LogP contribution in [0.4, 0.5) is 19.0 Å². The van der Waals surface area contributed by atoms with E-state index >= 15 is 0 Å². The van der Waals surface area contributed by atoms with Crippen molar-refractivity contribution >= 4 is 38.4 Å². The van der Waals surface area contributed by atoms with Crippen molar-refractivity contribution in [1.29, 1.82) is 0 Å². The van der Waals surface area contributed by atoms with E-state index in [1.807, 2.05) is 22.6 Å². The largest absolute Gasteiger partial charge is 0.365 e. The second-order valence-corrected chi connectivity index (χ2v) is 6.61. The Morgan fingerprint density at radius 2 is 2.04 bits per heavy atom. The molecule has 0 fully saturated rings. The molecular weight excluding hydrogens is 409 g/mol. The molecule has 2 aromatic heterocycles. The highest BCUT2D eigenvalue weighted by molar-refractivity contribution is 9.10. The van der Waals surface area contributed by atoms with Crippen molar-refractivity contribution in [2.24, 2.45) is 0 Å². The molecule has 8 heteroatoms. The molecule has 0 amide bonds. The number of hydrogen-bond donors (Lipinski definition) is 1. The van der Waals surface area contributed by atoms with Crippen molar-refractivity contribution < 1.29 is 13.2 Å². The van der Waals surface area contributed by atoms with E-state index in [1.165, 1.54) is 12.1 Å². The number of alkyl halides is 2. The summed E-state index contributed by atoms with van der Waals surface area (Å²) >= 11 is 3.43. The topological polar surface area (TPSA) is 42.2 Å². The van der Waals surface area contributed by atoms with Gasteiger partial charge in [0.05, 0.1) is 11.1 Å². The average molecular weight is 421 g/mol. The third-order valence-corrected chi connectivity index (χ3v) is 4.59. The highest BCUT2D eigenvalue weighted by Crippen LogP contribution is 2.28. The van der Waals surface area contributed by atoms with E-state index in [2.05, 4.69) is 31.2 Å². The summed E-state index contributed by atoms with van der Waals surface area (Å²) in [6.45, 7) is 0.0257. The van der Waals surface area contributed by atoms with Crippen LogP contribution in [0.25, 0.3) is 16.7 Å². The van der Waals surface area contributed by atoms with Crippen LogP contribution in [0.15, 0.2) is 53.3 Å². The van der Waals surface area contributed by atoms with Gasteiger partial charge < -0.3 is 5.32 Å². The Labute approximate surface area is 154 Å². The summed E-state index contributed by atoms with van der Waals surface area (Å²) in [7, 11) is 0. The molecule has 0 aliphatic rings. The van der Waals surface area contributed by atoms with Gasteiger partial charge in [0.15, 0.2) is 0 Å². The number of benzene rings is 2. The number of nitrogens with zero attached hydrogens (tertiary/aromatic N) is 3. The van der Waals surface area contributed by atoms with Crippen LogP contribution in [0.5, 0.6) is 0 Å². The Morgan fingerprint density at radius 1 is 1.19 bits per heavy atom. The smallest absolute Gasteiger partial charge is 0.266 e. The van der Waals surface area contributed by atoms with E-state index in [0.717, 1.165) is 21.4 Å². The van der Waals surface area contributed by atoms with Gasteiger partial charge in [0.25, 0.3) is 6.43 Å². The predicted molar refractivity (Wildman–Crippen MR) is 96.9 cm³/mol. The van der Waals surface area contributed by atoms with Gasteiger partial charge in [-0.1, -0.05) is 34.1 Å². The van der Waals surface area contributed by atoms with E-state index < -0.39 is 17.8 Å². The van der Waals surface area contributed by atoms with Crippen molar-refractivity contribution in [3.8, 4) is 0 Å². The Bertz CT molecular complexity index is 1110. The minimum absolute atomic E-state index is 0.0257. The molecule has 0 aliphatic carbocycles. The molecule has 0 radical (unpaired) electrons. The van der Waals surface area contributed by atoms with Gasteiger partial charge in [-0.25, -0.2) is 18.2 Å². The van der Waals surface area contributed by atoms with Crippen LogP contribution in [0.3, 0.4) is 0 Å². The molecule has 0 atom stereocenters. The molecule has 0 saturated carbocycles. The summed E-state index contributed by atoms with van der Waals surface area (Å²) in [4.78, 5) is 8.64. The van der Waals surface area contributed by atoms with Crippen LogP contribution in [0.1, 0.15) is 17.6 Å². The van der Waals surface area contributed by atoms with Crippen molar-refractivity contribution in [2.75, 3.05) is 5.32 Å². The Balaban J connectivity index is 1.75. The number of anilines is 1. The van der Waals surface area contributed by atoms with Crippen molar-refractivity contribution in [1.82, 2.24) is 14.4 Å². The van der Waals surface area contributed by atoms with Gasteiger partial charge in [-0.15, -0.1) is 0 Å². The Kier molecular flexibility index (Phi) is 4.28. The molecular formula is C18H12BrF3N4. The SMILES string of the molecule is Fc1c(CNc2nc3nccn3c3ccc(Br)cc23)cccc1C(F)F. The van der Waals surface area contributed by atoms with Gasteiger partial charge in [0, 0.05) is 34.4 Å². The fourth-order valence-electron chi connectivity index (χ4n) is 2.85. The number of rotatable bonds is 4. The molecule has 4 aromatic rings. The molecule has 0 aliphatic heterocycles. The Morgan fingerprint density at radius 3 is 2.85 bits per heavy atom. The molecule has 2 heterocycles. The predicted octanol–water partition coefficient (Wildman–Crippen LogP) is 5.33. The number of hydrogen-bond acceptors (Lipinski definition) is 3. The summed E-state index contributed by atoms with van der Waals surface area (Å²) < 4.78 is 42.7. The maximum absolute atomic E-state index is 14.2. The van der Waals surface area contributed by atoms with Crippen LogP contribution in [0.2, 0.25) is 0 Å².